The van der Waals surface area contributed by atoms with E-state index in [0.29, 0.717) is 16.4 Å². The number of nitrogens with zero attached hydrogens (tertiary/aromatic N) is 1. The molecule has 2 aromatic carbocycles. The van der Waals surface area contributed by atoms with Crippen molar-refractivity contribution >= 4 is 34.8 Å². The van der Waals surface area contributed by atoms with Gasteiger partial charge in [0, 0.05) is 10.7 Å². The Morgan fingerprint density at radius 3 is 2.64 bits per heavy atom. The van der Waals surface area contributed by atoms with Crippen molar-refractivity contribution in [2.24, 2.45) is 0 Å². The first-order valence-electron chi connectivity index (χ1n) is 6.69. The molecule has 0 saturated carbocycles. The molecule has 4 nitrogen and oxygen atoms in total. The van der Waals surface area contributed by atoms with Crippen LogP contribution in [0.3, 0.4) is 0 Å². The molecule has 1 aliphatic rings. The highest BCUT2D eigenvalue weighted by atomic mass is 35.5. The van der Waals surface area contributed by atoms with Gasteiger partial charge in [0.15, 0.2) is 0 Å². The molecule has 0 bridgehead atoms. The number of rotatable bonds is 3. The molecule has 2 aromatic rings. The molecule has 1 N–H and O–H groups in total. The molecule has 112 valence electrons. The van der Waals surface area contributed by atoms with E-state index in [1.54, 1.807) is 30.3 Å². The van der Waals surface area contributed by atoms with E-state index in [-0.39, 0.29) is 18.2 Å². The lowest BCUT2D eigenvalue weighted by Gasteiger charge is -2.16. The molecule has 3 rings (SSSR count). The number of hydrogen-bond acceptors (Lipinski definition) is 3. The summed E-state index contributed by atoms with van der Waals surface area (Å²) in [6, 6.07) is 11.6. The van der Waals surface area contributed by atoms with E-state index in [2.05, 4.69) is 5.32 Å². The number of nitrogens with one attached hydrogen (secondary N) is 1. The normalized spacial score (nSPS) is 17.9. The van der Waals surface area contributed by atoms with Crippen LogP contribution in [0.25, 0.3) is 0 Å². The van der Waals surface area contributed by atoms with Gasteiger partial charge in [0.2, 0.25) is 5.91 Å². The van der Waals surface area contributed by atoms with E-state index >= 15 is 0 Å². The van der Waals surface area contributed by atoms with Crippen molar-refractivity contribution < 1.29 is 14.0 Å². The number of hydrogen-bond donors (Lipinski definition) is 1. The third kappa shape index (κ3) is 2.80. The largest absolute Gasteiger partial charge is 0.373 e. The number of halogens is 2. The van der Waals surface area contributed by atoms with Crippen LogP contribution >= 0.6 is 11.6 Å². The van der Waals surface area contributed by atoms with Crippen LogP contribution in [0.5, 0.6) is 0 Å². The highest BCUT2D eigenvalue weighted by molar-refractivity contribution is 6.31. The smallest absolute Gasteiger partial charge is 0.256 e. The fourth-order valence-electron chi connectivity index (χ4n) is 2.41. The second kappa shape index (κ2) is 5.77. The highest BCUT2D eigenvalue weighted by Crippen LogP contribution is 2.27. The molecule has 0 radical (unpaired) electrons. The van der Waals surface area contributed by atoms with Gasteiger partial charge in [-0.1, -0.05) is 23.7 Å². The quantitative estimate of drug-likeness (QED) is 0.884. The fraction of sp³-hybridized carbons (Fsp3) is 0.125. The molecular weight excluding hydrogens is 307 g/mol. The summed E-state index contributed by atoms with van der Waals surface area (Å²) in [7, 11) is 0. The Hall–Kier alpha value is -2.40. The SMILES string of the molecule is O=C1CC(Nc2cccc(F)c2)C(=O)N1c1cccc(Cl)c1. The van der Waals surface area contributed by atoms with Crippen LogP contribution < -0.4 is 10.2 Å². The van der Waals surface area contributed by atoms with Gasteiger partial charge in [-0.3, -0.25) is 9.59 Å². The number of amides is 2. The van der Waals surface area contributed by atoms with Gasteiger partial charge in [0.05, 0.1) is 12.1 Å². The lowest BCUT2D eigenvalue weighted by atomic mass is 10.2. The van der Waals surface area contributed by atoms with Gasteiger partial charge in [-0.05, 0) is 36.4 Å². The maximum Gasteiger partial charge on any atom is 0.256 e. The average molecular weight is 319 g/mol. The van der Waals surface area contributed by atoms with E-state index in [1.807, 2.05) is 0 Å². The molecule has 1 unspecified atom stereocenters. The molecule has 0 aromatic heterocycles. The van der Waals surface area contributed by atoms with Gasteiger partial charge in [-0.25, -0.2) is 9.29 Å². The summed E-state index contributed by atoms with van der Waals surface area (Å²) in [4.78, 5) is 25.6. The minimum absolute atomic E-state index is 0.0157. The number of anilines is 2. The minimum Gasteiger partial charge on any atom is -0.373 e. The predicted octanol–water partition coefficient (Wildman–Crippen LogP) is 3.22. The summed E-state index contributed by atoms with van der Waals surface area (Å²) in [5, 5.41) is 3.34. The Balaban J connectivity index is 1.82. The van der Waals surface area contributed by atoms with Crippen LogP contribution in [0.2, 0.25) is 5.02 Å². The van der Waals surface area contributed by atoms with Crippen LogP contribution in [-0.2, 0) is 9.59 Å². The van der Waals surface area contributed by atoms with Crippen molar-refractivity contribution in [2.75, 3.05) is 10.2 Å². The Morgan fingerprint density at radius 1 is 1.14 bits per heavy atom. The van der Waals surface area contributed by atoms with Gasteiger partial charge < -0.3 is 5.32 Å². The molecular formula is C16H12ClFN2O2. The summed E-state index contributed by atoms with van der Waals surface area (Å²) in [5.74, 6) is -1.11. The number of carbonyl (C=O) groups excluding carboxylic acids is 2. The third-order valence-electron chi connectivity index (χ3n) is 3.38. The number of imide groups is 1. The summed E-state index contributed by atoms with van der Waals surface area (Å²) >= 11 is 5.90. The molecule has 22 heavy (non-hydrogen) atoms. The van der Waals surface area contributed by atoms with Crippen molar-refractivity contribution in [3.63, 3.8) is 0 Å². The fourth-order valence-corrected chi connectivity index (χ4v) is 2.60. The first kappa shape index (κ1) is 14.5. The molecule has 1 heterocycles. The van der Waals surface area contributed by atoms with E-state index < -0.39 is 11.9 Å². The van der Waals surface area contributed by atoms with Gasteiger partial charge in [-0.15, -0.1) is 0 Å². The molecule has 1 fully saturated rings. The monoisotopic (exact) mass is 318 g/mol. The topological polar surface area (TPSA) is 49.4 Å². The molecule has 1 aliphatic heterocycles. The maximum absolute atomic E-state index is 13.2. The predicted molar refractivity (Wildman–Crippen MR) is 82.4 cm³/mol. The minimum atomic E-state index is -0.715. The molecule has 6 heteroatoms. The molecule has 0 spiro atoms. The zero-order chi connectivity index (χ0) is 15.7. The molecule has 0 aliphatic carbocycles. The van der Waals surface area contributed by atoms with Crippen LogP contribution in [0, 0.1) is 5.82 Å². The number of benzene rings is 2. The Bertz CT molecular complexity index is 750. The summed E-state index contributed by atoms with van der Waals surface area (Å²) in [6.45, 7) is 0. The third-order valence-corrected chi connectivity index (χ3v) is 3.61. The van der Waals surface area contributed by atoms with Gasteiger partial charge in [0.1, 0.15) is 11.9 Å². The Labute approximate surface area is 131 Å². The van der Waals surface area contributed by atoms with Gasteiger partial charge in [0.25, 0.3) is 5.91 Å². The number of carbonyl (C=O) groups is 2. The first-order chi connectivity index (χ1) is 10.5. The molecule has 2 amide bonds. The average Bonchev–Trinajstić information content (AvgIpc) is 2.73. The van der Waals surface area contributed by atoms with Gasteiger partial charge in [-0.2, -0.15) is 0 Å². The Kier molecular flexibility index (Phi) is 3.81. The summed E-state index contributed by atoms with van der Waals surface area (Å²) in [6.07, 6.45) is 0.0157. The van der Waals surface area contributed by atoms with Crippen LogP contribution in [0.15, 0.2) is 48.5 Å². The van der Waals surface area contributed by atoms with E-state index in [4.69, 9.17) is 11.6 Å². The second-order valence-corrected chi connectivity index (χ2v) is 5.40. The highest BCUT2D eigenvalue weighted by Gasteiger charge is 2.39. The van der Waals surface area contributed by atoms with Crippen molar-refractivity contribution in [1.82, 2.24) is 0 Å². The van der Waals surface area contributed by atoms with E-state index in [1.165, 1.54) is 18.2 Å². The molecule has 1 atom stereocenters. The van der Waals surface area contributed by atoms with Crippen molar-refractivity contribution in [3.8, 4) is 0 Å². The first-order valence-corrected chi connectivity index (χ1v) is 7.07. The lowest BCUT2D eigenvalue weighted by Crippen LogP contribution is -2.34. The summed E-state index contributed by atoms with van der Waals surface area (Å²) < 4.78 is 13.2. The lowest BCUT2D eigenvalue weighted by molar-refractivity contribution is -0.121. The van der Waals surface area contributed by atoms with Crippen LogP contribution in [0.1, 0.15) is 6.42 Å². The summed E-state index contributed by atoms with van der Waals surface area (Å²) in [5.41, 5.74) is 0.894. The zero-order valence-corrected chi connectivity index (χ0v) is 12.2. The van der Waals surface area contributed by atoms with Crippen molar-refractivity contribution in [3.05, 3.63) is 59.4 Å². The van der Waals surface area contributed by atoms with Crippen molar-refractivity contribution in [1.29, 1.82) is 0 Å². The van der Waals surface area contributed by atoms with E-state index in [9.17, 15) is 14.0 Å². The maximum atomic E-state index is 13.2. The van der Waals surface area contributed by atoms with Gasteiger partial charge >= 0.3 is 0 Å². The standard InChI is InChI=1S/C16H12ClFN2O2/c17-10-3-1-6-13(7-10)20-15(21)9-14(16(20)22)19-12-5-2-4-11(18)8-12/h1-8,14,19H,9H2. The van der Waals surface area contributed by atoms with Crippen molar-refractivity contribution in [2.45, 2.75) is 12.5 Å². The van der Waals surface area contributed by atoms with Crippen LogP contribution in [0.4, 0.5) is 15.8 Å². The van der Waals surface area contributed by atoms with Crippen LogP contribution in [-0.4, -0.2) is 17.9 Å². The Morgan fingerprint density at radius 2 is 1.91 bits per heavy atom. The zero-order valence-electron chi connectivity index (χ0n) is 11.4. The van der Waals surface area contributed by atoms with E-state index in [0.717, 1.165) is 4.90 Å². The second-order valence-electron chi connectivity index (χ2n) is 4.96. The molecule has 1 saturated heterocycles.